The van der Waals surface area contributed by atoms with E-state index in [0.717, 1.165) is 17.7 Å². The Bertz CT molecular complexity index is 764. The second-order valence-electron chi connectivity index (χ2n) is 6.14. The number of fused-ring (bicyclic) bond motifs is 1. The van der Waals surface area contributed by atoms with Crippen LogP contribution in [0.15, 0.2) is 30.5 Å². The van der Waals surface area contributed by atoms with E-state index in [4.69, 9.17) is 4.74 Å². The first kappa shape index (κ1) is 17.2. The minimum atomic E-state index is -0.210. The Morgan fingerprint density at radius 3 is 3.00 bits per heavy atom. The van der Waals surface area contributed by atoms with Crippen molar-refractivity contribution in [1.29, 1.82) is 0 Å². The zero-order chi connectivity index (χ0) is 17.8. The van der Waals surface area contributed by atoms with E-state index in [2.05, 4.69) is 15.3 Å². The number of benzene rings is 1. The van der Waals surface area contributed by atoms with Crippen molar-refractivity contribution >= 4 is 17.7 Å². The first-order valence-electron chi connectivity index (χ1n) is 8.36. The molecule has 0 aliphatic carbocycles. The van der Waals surface area contributed by atoms with Crippen molar-refractivity contribution in [3.8, 4) is 5.75 Å². The predicted molar refractivity (Wildman–Crippen MR) is 95.2 cm³/mol. The summed E-state index contributed by atoms with van der Waals surface area (Å²) in [6, 6.07) is 7.25. The van der Waals surface area contributed by atoms with Crippen molar-refractivity contribution < 1.29 is 14.6 Å². The fourth-order valence-electron chi connectivity index (χ4n) is 2.72. The molecule has 1 amide bonds. The number of nitrogens with zero attached hydrogens (tertiary/aromatic N) is 3. The number of nitrogens with one attached hydrogen (secondary N) is 1. The fraction of sp³-hybridized carbons (Fsp3) is 0.389. The van der Waals surface area contributed by atoms with Crippen LogP contribution in [0.4, 0.5) is 11.8 Å². The highest BCUT2D eigenvalue weighted by atomic mass is 16.5. The van der Waals surface area contributed by atoms with Gasteiger partial charge in [0.25, 0.3) is 5.91 Å². The summed E-state index contributed by atoms with van der Waals surface area (Å²) >= 11 is 0. The second kappa shape index (κ2) is 7.48. The molecule has 0 unspecified atom stereocenters. The first-order valence-corrected chi connectivity index (χ1v) is 8.36. The molecule has 132 valence electrons. The Morgan fingerprint density at radius 1 is 1.40 bits per heavy atom. The van der Waals surface area contributed by atoms with Gasteiger partial charge in [-0.2, -0.15) is 4.98 Å². The summed E-state index contributed by atoms with van der Waals surface area (Å²) in [7, 11) is 0. The molecule has 7 nitrogen and oxygen atoms in total. The zero-order valence-electron chi connectivity index (χ0n) is 14.4. The molecule has 0 saturated carbocycles. The van der Waals surface area contributed by atoms with Gasteiger partial charge in [-0.15, -0.1) is 0 Å². The third-order valence-corrected chi connectivity index (χ3v) is 3.84. The summed E-state index contributed by atoms with van der Waals surface area (Å²) in [4.78, 5) is 23.0. The molecule has 0 atom stereocenters. The van der Waals surface area contributed by atoms with E-state index < -0.39 is 0 Å². The van der Waals surface area contributed by atoms with Crippen LogP contribution >= 0.6 is 0 Å². The maximum Gasteiger partial charge on any atom is 0.259 e. The molecule has 1 aromatic carbocycles. The van der Waals surface area contributed by atoms with Gasteiger partial charge < -0.3 is 15.2 Å². The Hall–Kier alpha value is -2.67. The number of ether oxygens (including phenoxy) is 1. The van der Waals surface area contributed by atoms with Crippen LogP contribution < -0.4 is 15.0 Å². The van der Waals surface area contributed by atoms with E-state index in [-0.39, 0.29) is 25.1 Å². The summed E-state index contributed by atoms with van der Waals surface area (Å²) in [5.74, 6) is 1.52. The van der Waals surface area contributed by atoms with Gasteiger partial charge in [-0.3, -0.25) is 9.69 Å². The summed E-state index contributed by atoms with van der Waals surface area (Å²) in [5.41, 5.74) is 1.58. The van der Waals surface area contributed by atoms with E-state index in [1.807, 2.05) is 26.0 Å². The SMILES string of the molecule is CC(C)Nc1nccc(N(CCO)C(=O)c2ccc3c(c2)CCO3)n1. The normalized spacial score (nSPS) is 12.6. The number of aliphatic hydroxyl groups is 1. The lowest BCUT2D eigenvalue weighted by Crippen LogP contribution is -2.34. The van der Waals surface area contributed by atoms with Gasteiger partial charge in [-0.1, -0.05) is 0 Å². The lowest BCUT2D eigenvalue weighted by Gasteiger charge is -2.22. The van der Waals surface area contributed by atoms with E-state index >= 15 is 0 Å². The minimum Gasteiger partial charge on any atom is -0.493 e. The van der Waals surface area contributed by atoms with Crippen molar-refractivity contribution in [2.45, 2.75) is 26.3 Å². The van der Waals surface area contributed by atoms with E-state index in [9.17, 15) is 9.90 Å². The molecule has 25 heavy (non-hydrogen) atoms. The number of anilines is 2. The van der Waals surface area contributed by atoms with Gasteiger partial charge in [0.1, 0.15) is 11.6 Å². The lowest BCUT2D eigenvalue weighted by atomic mass is 10.1. The average Bonchev–Trinajstić information content (AvgIpc) is 3.06. The quantitative estimate of drug-likeness (QED) is 0.833. The predicted octanol–water partition coefficient (Wildman–Crippen LogP) is 1.87. The average molecular weight is 342 g/mol. The Balaban J connectivity index is 1.89. The molecule has 2 aromatic rings. The minimum absolute atomic E-state index is 0.156. The number of aromatic nitrogens is 2. The molecule has 0 bridgehead atoms. The summed E-state index contributed by atoms with van der Waals surface area (Å²) in [5, 5.41) is 12.5. The molecule has 1 aliphatic heterocycles. The van der Waals surface area contributed by atoms with Crippen LogP contribution in [0.1, 0.15) is 29.8 Å². The van der Waals surface area contributed by atoms with Crippen LogP contribution in [0.2, 0.25) is 0 Å². The molecule has 1 aromatic heterocycles. The topological polar surface area (TPSA) is 87.6 Å². The van der Waals surface area contributed by atoms with Gasteiger partial charge in [0, 0.05) is 24.2 Å². The number of amides is 1. The maximum absolute atomic E-state index is 13.0. The van der Waals surface area contributed by atoms with Crippen molar-refractivity contribution in [3.63, 3.8) is 0 Å². The van der Waals surface area contributed by atoms with Crippen LogP contribution in [-0.4, -0.2) is 46.8 Å². The highest BCUT2D eigenvalue weighted by Gasteiger charge is 2.21. The van der Waals surface area contributed by atoms with Crippen LogP contribution in [0, 0.1) is 0 Å². The second-order valence-corrected chi connectivity index (χ2v) is 6.14. The fourth-order valence-corrected chi connectivity index (χ4v) is 2.72. The van der Waals surface area contributed by atoms with E-state index in [1.54, 1.807) is 18.3 Å². The van der Waals surface area contributed by atoms with Crippen molar-refractivity contribution in [1.82, 2.24) is 9.97 Å². The Labute approximate surface area is 146 Å². The van der Waals surface area contributed by atoms with Gasteiger partial charge in [-0.05, 0) is 43.7 Å². The Morgan fingerprint density at radius 2 is 2.24 bits per heavy atom. The number of aliphatic hydroxyl groups excluding tert-OH is 1. The molecule has 0 spiro atoms. The summed E-state index contributed by atoms with van der Waals surface area (Å²) in [6.07, 6.45) is 2.40. The third kappa shape index (κ3) is 3.88. The van der Waals surface area contributed by atoms with E-state index in [1.165, 1.54) is 4.90 Å². The molecule has 2 heterocycles. The summed E-state index contributed by atoms with van der Waals surface area (Å²) < 4.78 is 5.48. The lowest BCUT2D eigenvalue weighted by molar-refractivity contribution is 0.0980. The highest BCUT2D eigenvalue weighted by Crippen LogP contribution is 2.27. The van der Waals surface area contributed by atoms with Crippen LogP contribution in [0.5, 0.6) is 5.75 Å². The van der Waals surface area contributed by atoms with Gasteiger partial charge in [-0.25, -0.2) is 4.98 Å². The van der Waals surface area contributed by atoms with Crippen molar-refractivity contribution in [2.75, 3.05) is 30.0 Å². The van der Waals surface area contributed by atoms with Gasteiger partial charge in [0.2, 0.25) is 5.95 Å². The number of carbonyl (C=O) groups excluding carboxylic acids is 1. The Kier molecular flexibility index (Phi) is 5.14. The number of hydrogen-bond acceptors (Lipinski definition) is 6. The third-order valence-electron chi connectivity index (χ3n) is 3.84. The van der Waals surface area contributed by atoms with Crippen LogP contribution in [-0.2, 0) is 6.42 Å². The number of rotatable bonds is 6. The van der Waals surface area contributed by atoms with Crippen LogP contribution in [0.3, 0.4) is 0 Å². The number of hydrogen-bond donors (Lipinski definition) is 2. The molecule has 0 fully saturated rings. The van der Waals surface area contributed by atoms with Gasteiger partial charge in [0.05, 0.1) is 19.8 Å². The largest absolute Gasteiger partial charge is 0.493 e. The molecule has 0 radical (unpaired) electrons. The smallest absolute Gasteiger partial charge is 0.259 e. The molecule has 2 N–H and O–H groups in total. The molecule has 1 aliphatic rings. The highest BCUT2D eigenvalue weighted by molar-refractivity contribution is 6.05. The maximum atomic E-state index is 13.0. The molecule has 7 heteroatoms. The standard InChI is InChI=1S/C18H22N4O3/c1-12(2)20-18-19-7-5-16(21-18)22(8-9-23)17(24)14-3-4-15-13(11-14)6-10-25-15/h3-5,7,11-12,23H,6,8-10H2,1-2H3,(H,19,20,21). The van der Waals surface area contributed by atoms with Gasteiger partial charge in [0.15, 0.2) is 0 Å². The molecule has 0 saturated heterocycles. The van der Waals surface area contributed by atoms with E-state index in [0.29, 0.717) is 23.9 Å². The molecular weight excluding hydrogens is 320 g/mol. The number of carbonyl (C=O) groups is 1. The summed E-state index contributed by atoms with van der Waals surface area (Å²) in [6.45, 7) is 4.61. The van der Waals surface area contributed by atoms with Crippen molar-refractivity contribution in [2.24, 2.45) is 0 Å². The molecule has 3 rings (SSSR count). The van der Waals surface area contributed by atoms with Crippen molar-refractivity contribution in [3.05, 3.63) is 41.6 Å². The van der Waals surface area contributed by atoms with Gasteiger partial charge >= 0.3 is 0 Å². The zero-order valence-corrected chi connectivity index (χ0v) is 14.4. The monoisotopic (exact) mass is 342 g/mol. The molecular formula is C18H22N4O3. The first-order chi connectivity index (χ1) is 12.1. The van der Waals surface area contributed by atoms with Crippen LogP contribution in [0.25, 0.3) is 0 Å².